The molecule has 1 aliphatic rings. The number of aliphatic imine (C=N–C) groups is 1. The molecule has 2 unspecified atom stereocenters. The molecule has 2 rings (SSSR count). The maximum Gasteiger partial charge on any atom is 0.191 e. The van der Waals surface area contributed by atoms with Crippen molar-refractivity contribution in [3.05, 3.63) is 35.4 Å². The number of nitrogens with two attached hydrogens (primary N) is 1. The zero-order valence-corrected chi connectivity index (χ0v) is 12.4. The molecule has 1 aromatic rings. The predicted molar refractivity (Wildman–Crippen MR) is 82.6 cm³/mol. The normalized spacial score (nSPS) is 21.9. The van der Waals surface area contributed by atoms with Gasteiger partial charge in [0.15, 0.2) is 5.96 Å². The fourth-order valence-corrected chi connectivity index (χ4v) is 2.66. The van der Waals surface area contributed by atoms with Crippen LogP contribution in [0.25, 0.3) is 0 Å². The Morgan fingerprint density at radius 2 is 2.35 bits per heavy atom. The molecule has 0 aliphatic carbocycles. The quantitative estimate of drug-likeness (QED) is 0.656. The molecule has 0 bridgehead atoms. The topological polar surface area (TPSA) is 61.9 Å². The van der Waals surface area contributed by atoms with Gasteiger partial charge in [-0.3, -0.25) is 4.99 Å². The van der Waals surface area contributed by atoms with Crippen molar-refractivity contribution in [2.75, 3.05) is 19.6 Å². The fourth-order valence-electron chi connectivity index (χ4n) is 2.66. The minimum absolute atomic E-state index is 0.320. The Kier molecular flexibility index (Phi) is 5.01. The van der Waals surface area contributed by atoms with Gasteiger partial charge in [-0.1, -0.05) is 36.8 Å². The van der Waals surface area contributed by atoms with E-state index in [-0.39, 0.29) is 0 Å². The van der Waals surface area contributed by atoms with Gasteiger partial charge < -0.3 is 15.7 Å². The van der Waals surface area contributed by atoms with Crippen LogP contribution in [0.15, 0.2) is 29.3 Å². The summed E-state index contributed by atoms with van der Waals surface area (Å²) < 4.78 is 0. The fraction of sp³-hybridized carbons (Fsp3) is 0.562. The highest BCUT2D eigenvalue weighted by molar-refractivity contribution is 5.78. The zero-order valence-electron chi connectivity index (χ0n) is 12.4. The molecule has 1 aliphatic heterocycles. The molecule has 0 saturated carbocycles. The van der Waals surface area contributed by atoms with Crippen molar-refractivity contribution >= 4 is 5.96 Å². The van der Waals surface area contributed by atoms with E-state index in [1.54, 1.807) is 0 Å². The van der Waals surface area contributed by atoms with Gasteiger partial charge in [-0.2, -0.15) is 0 Å². The second-order valence-corrected chi connectivity index (χ2v) is 5.82. The molecular weight excluding hydrogens is 250 g/mol. The highest BCUT2D eigenvalue weighted by atomic mass is 16.3. The van der Waals surface area contributed by atoms with Gasteiger partial charge in [0.25, 0.3) is 0 Å². The van der Waals surface area contributed by atoms with E-state index >= 15 is 0 Å². The maximum absolute atomic E-state index is 10.2. The second kappa shape index (κ2) is 6.75. The first-order chi connectivity index (χ1) is 9.56. The molecule has 4 heteroatoms. The maximum atomic E-state index is 10.2. The Balaban J connectivity index is 1.94. The predicted octanol–water partition coefficient (Wildman–Crippen LogP) is 2.08. The third kappa shape index (κ3) is 3.97. The van der Waals surface area contributed by atoms with E-state index in [2.05, 4.69) is 16.8 Å². The van der Waals surface area contributed by atoms with Crippen LogP contribution >= 0.6 is 0 Å². The van der Waals surface area contributed by atoms with Crippen molar-refractivity contribution in [2.45, 2.75) is 32.8 Å². The molecule has 3 N–H and O–H groups in total. The highest BCUT2D eigenvalue weighted by Crippen LogP contribution is 2.17. The summed E-state index contributed by atoms with van der Waals surface area (Å²) in [5.41, 5.74) is 8.07. The largest absolute Gasteiger partial charge is 0.386 e. The molecule has 1 saturated heterocycles. The number of guanidine groups is 1. The summed E-state index contributed by atoms with van der Waals surface area (Å²) in [6.07, 6.45) is 1.84. The lowest BCUT2D eigenvalue weighted by Gasteiger charge is -2.31. The number of aryl methyl sites for hydroxylation is 1. The van der Waals surface area contributed by atoms with Crippen molar-refractivity contribution in [1.82, 2.24) is 4.90 Å². The van der Waals surface area contributed by atoms with Crippen LogP contribution in [0, 0.1) is 12.8 Å². The van der Waals surface area contributed by atoms with Crippen LogP contribution in [0.1, 0.15) is 37.0 Å². The number of rotatable bonds is 3. The molecular formula is C16H25N3O. The van der Waals surface area contributed by atoms with E-state index in [4.69, 9.17) is 5.73 Å². The molecule has 110 valence electrons. The Morgan fingerprint density at radius 3 is 3.05 bits per heavy atom. The lowest BCUT2D eigenvalue weighted by molar-refractivity contribution is 0.186. The van der Waals surface area contributed by atoms with Crippen LogP contribution in [0.3, 0.4) is 0 Å². The smallest absolute Gasteiger partial charge is 0.191 e. The number of aliphatic hydroxyl groups excluding tert-OH is 1. The summed E-state index contributed by atoms with van der Waals surface area (Å²) in [6, 6.07) is 7.88. The minimum atomic E-state index is -0.587. The van der Waals surface area contributed by atoms with Gasteiger partial charge in [-0.05, 0) is 31.2 Å². The Labute approximate surface area is 121 Å². The Morgan fingerprint density at radius 1 is 1.55 bits per heavy atom. The summed E-state index contributed by atoms with van der Waals surface area (Å²) >= 11 is 0. The van der Waals surface area contributed by atoms with E-state index in [0.717, 1.165) is 30.6 Å². The molecule has 20 heavy (non-hydrogen) atoms. The van der Waals surface area contributed by atoms with Crippen molar-refractivity contribution < 1.29 is 5.11 Å². The average molecular weight is 275 g/mol. The number of aliphatic hydroxyl groups is 1. The molecule has 1 fully saturated rings. The molecule has 4 nitrogen and oxygen atoms in total. The summed E-state index contributed by atoms with van der Waals surface area (Å²) in [4.78, 5) is 6.48. The first-order valence-corrected chi connectivity index (χ1v) is 7.35. The van der Waals surface area contributed by atoms with Gasteiger partial charge in [-0.25, -0.2) is 0 Å². The molecule has 1 heterocycles. The number of nitrogens with zero attached hydrogens (tertiary/aromatic N) is 2. The number of hydrogen-bond acceptors (Lipinski definition) is 2. The molecule has 1 aromatic carbocycles. The van der Waals surface area contributed by atoms with E-state index in [1.807, 2.05) is 31.2 Å². The van der Waals surface area contributed by atoms with Crippen molar-refractivity contribution in [1.29, 1.82) is 0 Å². The van der Waals surface area contributed by atoms with Crippen LogP contribution in [-0.4, -0.2) is 35.6 Å². The van der Waals surface area contributed by atoms with Crippen LogP contribution in [-0.2, 0) is 0 Å². The van der Waals surface area contributed by atoms with Gasteiger partial charge in [0.2, 0.25) is 0 Å². The lowest BCUT2D eigenvalue weighted by atomic mass is 10.0. The average Bonchev–Trinajstić information content (AvgIpc) is 2.44. The second-order valence-electron chi connectivity index (χ2n) is 5.82. The third-order valence-corrected chi connectivity index (χ3v) is 3.83. The first kappa shape index (κ1) is 14.9. The van der Waals surface area contributed by atoms with Gasteiger partial charge in [0, 0.05) is 13.1 Å². The van der Waals surface area contributed by atoms with Gasteiger partial charge in [0.05, 0.1) is 12.6 Å². The lowest BCUT2D eigenvalue weighted by Crippen LogP contribution is -2.43. The Hall–Kier alpha value is -1.55. The van der Waals surface area contributed by atoms with Gasteiger partial charge in [0.1, 0.15) is 0 Å². The third-order valence-electron chi connectivity index (χ3n) is 3.83. The van der Waals surface area contributed by atoms with E-state index in [9.17, 15) is 5.11 Å². The van der Waals surface area contributed by atoms with E-state index in [0.29, 0.717) is 18.4 Å². The van der Waals surface area contributed by atoms with E-state index in [1.165, 1.54) is 6.42 Å². The summed E-state index contributed by atoms with van der Waals surface area (Å²) in [5, 5.41) is 10.2. The first-order valence-electron chi connectivity index (χ1n) is 7.35. The van der Waals surface area contributed by atoms with Gasteiger partial charge >= 0.3 is 0 Å². The standard InChI is InChI=1S/C16H25N3O/c1-12-5-3-7-14(9-12)15(20)10-18-16(17)19-8-4-6-13(2)11-19/h3,5,7,9,13,15,20H,4,6,8,10-11H2,1-2H3,(H2,17,18). The summed E-state index contributed by atoms with van der Waals surface area (Å²) in [5.74, 6) is 1.22. The van der Waals surface area contributed by atoms with Crippen LogP contribution in [0.5, 0.6) is 0 Å². The van der Waals surface area contributed by atoms with Gasteiger partial charge in [-0.15, -0.1) is 0 Å². The van der Waals surface area contributed by atoms with E-state index < -0.39 is 6.10 Å². The number of likely N-dealkylation sites (tertiary alicyclic amines) is 1. The molecule has 0 spiro atoms. The van der Waals surface area contributed by atoms with Crippen LogP contribution < -0.4 is 5.73 Å². The molecule has 0 radical (unpaired) electrons. The molecule has 0 amide bonds. The molecule has 0 aromatic heterocycles. The SMILES string of the molecule is Cc1cccc(C(O)CN=C(N)N2CCCC(C)C2)c1. The monoisotopic (exact) mass is 275 g/mol. The van der Waals surface area contributed by atoms with Crippen molar-refractivity contribution in [2.24, 2.45) is 16.6 Å². The zero-order chi connectivity index (χ0) is 14.5. The minimum Gasteiger partial charge on any atom is -0.386 e. The highest BCUT2D eigenvalue weighted by Gasteiger charge is 2.18. The van der Waals surface area contributed by atoms with Crippen LogP contribution in [0.2, 0.25) is 0 Å². The molecule has 2 atom stereocenters. The summed E-state index contributed by atoms with van der Waals surface area (Å²) in [6.45, 7) is 6.51. The van der Waals surface area contributed by atoms with Crippen molar-refractivity contribution in [3.63, 3.8) is 0 Å². The summed E-state index contributed by atoms with van der Waals surface area (Å²) in [7, 11) is 0. The van der Waals surface area contributed by atoms with Crippen molar-refractivity contribution in [3.8, 4) is 0 Å². The number of piperidine rings is 1. The Bertz CT molecular complexity index is 473. The van der Waals surface area contributed by atoms with Crippen LogP contribution in [0.4, 0.5) is 0 Å². The number of hydrogen-bond donors (Lipinski definition) is 2. The number of benzene rings is 1.